The molecule has 4 atom stereocenters. The number of phenols is 1. The van der Waals surface area contributed by atoms with E-state index in [0.717, 1.165) is 5.56 Å². The molecule has 238 valence electrons. The molecule has 5 rings (SSSR count). The molecule has 2 aromatic rings. The third-order valence-electron chi connectivity index (χ3n) is 8.86. The Morgan fingerprint density at radius 1 is 1.04 bits per heavy atom. The molecular formula is C33H38N4O8. The lowest BCUT2D eigenvalue weighted by atomic mass is 9.57. The molecule has 1 saturated carbocycles. The van der Waals surface area contributed by atoms with Crippen molar-refractivity contribution in [1.82, 2.24) is 10.2 Å². The lowest BCUT2D eigenvalue weighted by Crippen LogP contribution is -2.65. The highest BCUT2D eigenvalue weighted by molar-refractivity contribution is 6.24. The molecule has 4 unspecified atom stereocenters. The van der Waals surface area contributed by atoms with Crippen LogP contribution in [0.2, 0.25) is 0 Å². The molecule has 0 radical (unpaired) electrons. The summed E-state index contributed by atoms with van der Waals surface area (Å²) in [5.74, 6) is -7.18. The van der Waals surface area contributed by atoms with Gasteiger partial charge in [0.2, 0.25) is 11.7 Å². The molecule has 12 heteroatoms. The van der Waals surface area contributed by atoms with Crippen LogP contribution in [-0.4, -0.2) is 86.5 Å². The van der Waals surface area contributed by atoms with E-state index in [2.05, 4.69) is 10.6 Å². The summed E-state index contributed by atoms with van der Waals surface area (Å²) in [6, 6.07) is 8.96. The Kier molecular flexibility index (Phi) is 7.89. The maximum Gasteiger partial charge on any atom is 0.255 e. The quantitative estimate of drug-likeness (QED) is 0.235. The van der Waals surface area contributed by atoms with Gasteiger partial charge in [0.25, 0.3) is 5.91 Å². The van der Waals surface area contributed by atoms with Crippen LogP contribution in [0.1, 0.15) is 38.3 Å². The normalized spacial score (nSPS) is 24.7. The number of aliphatic hydroxyl groups excluding tert-OH is 2. The highest BCUT2D eigenvalue weighted by Gasteiger charge is 2.64. The predicted molar refractivity (Wildman–Crippen MR) is 166 cm³/mol. The number of rotatable bonds is 6. The average Bonchev–Trinajstić information content (AvgIpc) is 2.94. The predicted octanol–water partition coefficient (Wildman–Crippen LogP) is 1.96. The van der Waals surface area contributed by atoms with Crippen LogP contribution in [0.3, 0.4) is 0 Å². The highest BCUT2D eigenvalue weighted by atomic mass is 16.3. The number of phenolic OH excluding ortho intramolecular Hbond substituents is 1. The fourth-order valence-corrected chi connectivity index (χ4v) is 6.80. The maximum atomic E-state index is 14.0. The van der Waals surface area contributed by atoms with Crippen molar-refractivity contribution in [2.75, 3.05) is 26.0 Å². The largest absolute Gasteiger partial charge is 0.508 e. The van der Waals surface area contributed by atoms with Gasteiger partial charge in [-0.05, 0) is 88.5 Å². The van der Waals surface area contributed by atoms with E-state index in [9.17, 15) is 39.6 Å². The summed E-state index contributed by atoms with van der Waals surface area (Å²) in [6.45, 7) is 6.02. The first kappa shape index (κ1) is 31.9. The number of nitrogens with zero attached hydrogens (tertiary/aromatic N) is 1. The van der Waals surface area contributed by atoms with Crippen molar-refractivity contribution in [3.63, 3.8) is 0 Å². The van der Waals surface area contributed by atoms with Gasteiger partial charge in [-0.25, -0.2) is 0 Å². The molecule has 0 heterocycles. The minimum Gasteiger partial charge on any atom is -0.508 e. The van der Waals surface area contributed by atoms with Crippen molar-refractivity contribution in [2.45, 2.75) is 50.8 Å². The molecule has 2 aromatic carbocycles. The zero-order valence-electron chi connectivity index (χ0n) is 25.8. The molecule has 2 amide bonds. The molecule has 0 spiro atoms. The number of fused-ring (bicyclic) bond motifs is 3. The smallest absolute Gasteiger partial charge is 0.255 e. The average molecular weight is 619 g/mol. The standard InChI is InChI=1S/C33H38N4O8/c1-32(2,3)35-14-22(39)36-17-8-6-15(7-9-17)18-10-11-21(38)24-19(18)12-16-13-20-26(37(4)5)28(41)25(31(34)44)30(43)33(20,45)29(42)23(16)27(24)40/h6-11,16,20,26,35,38,40,43,45H,12-14H2,1-5H3,(H2,34,44)(H,36,39). The fraction of sp³-hybridized carbons (Fsp3) is 0.394. The topological polar surface area (TPSA) is 203 Å². The number of likely N-dealkylation sites (N-methyl/N-ethyl adjacent to an activating group) is 1. The number of aliphatic hydroxyl groups is 3. The first-order chi connectivity index (χ1) is 21.0. The summed E-state index contributed by atoms with van der Waals surface area (Å²) in [6.07, 6.45) is 0.156. The molecule has 12 nitrogen and oxygen atoms in total. The summed E-state index contributed by atoms with van der Waals surface area (Å²) in [7, 11) is 3.10. The molecule has 1 fully saturated rings. The van der Waals surface area contributed by atoms with Crippen molar-refractivity contribution >= 4 is 34.8 Å². The van der Waals surface area contributed by atoms with Gasteiger partial charge in [-0.3, -0.25) is 24.1 Å². The molecule has 3 aliphatic rings. The van der Waals surface area contributed by atoms with Gasteiger partial charge in [0.05, 0.1) is 18.2 Å². The Hall–Kier alpha value is -4.52. The van der Waals surface area contributed by atoms with Crippen LogP contribution < -0.4 is 16.4 Å². The number of hydrogen-bond donors (Lipinski definition) is 7. The lowest BCUT2D eigenvalue weighted by molar-refractivity contribution is -0.153. The van der Waals surface area contributed by atoms with Crippen LogP contribution in [0, 0.1) is 11.8 Å². The van der Waals surface area contributed by atoms with Gasteiger partial charge in [0.15, 0.2) is 11.4 Å². The zero-order valence-corrected chi connectivity index (χ0v) is 25.8. The molecule has 0 aromatic heterocycles. The highest BCUT2D eigenvalue weighted by Crippen LogP contribution is 2.53. The summed E-state index contributed by atoms with van der Waals surface area (Å²) >= 11 is 0. The van der Waals surface area contributed by atoms with Gasteiger partial charge < -0.3 is 36.8 Å². The molecule has 0 aliphatic heterocycles. The van der Waals surface area contributed by atoms with Crippen LogP contribution in [0.25, 0.3) is 16.9 Å². The van der Waals surface area contributed by atoms with E-state index >= 15 is 0 Å². The lowest BCUT2D eigenvalue weighted by Gasteiger charge is -2.50. The van der Waals surface area contributed by atoms with E-state index in [0.29, 0.717) is 16.8 Å². The zero-order chi connectivity index (χ0) is 33.2. The number of ketones is 2. The summed E-state index contributed by atoms with van der Waals surface area (Å²) in [5.41, 5.74) is 3.92. The van der Waals surface area contributed by atoms with Gasteiger partial charge in [-0.2, -0.15) is 0 Å². The molecule has 3 aliphatic carbocycles. The van der Waals surface area contributed by atoms with Gasteiger partial charge in [0, 0.05) is 22.7 Å². The number of hydrogen-bond acceptors (Lipinski definition) is 10. The second kappa shape index (κ2) is 11.1. The van der Waals surface area contributed by atoms with E-state index < -0.39 is 58.0 Å². The van der Waals surface area contributed by atoms with Gasteiger partial charge in [0.1, 0.15) is 22.8 Å². The second-order valence-electron chi connectivity index (χ2n) is 13.2. The number of Topliss-reactive ketones (excluding diaryl/α,β-unsaturated/α-hetero) is 2. The number of nitrogens with one attached hydrogen (secondary N) is 2. The number of anilines is 1. The monoisotopic (exact) mass is 618 g/mol. The van der Waals surface area contributed by atoms with Crippen LogP contribution in [0.15, 0.2) is 53.3 Å². The first-order valence-corrected chi connectivity index (χ1v) is 14.6. The van der Waals surface area contributed by atoms with Gasteiger partial charge in [-0.1, -0.05) is 18.2 Å². The number of carbonyl (C=O) groups is 4. The SMILES string of the molecule is CN(C)C1C(=O)C(C(N)=O)=C(O)C2(O)C(=O)C3=C(O)c4c(O)ccc(-c5ccc(NC(=O)CNC(C)(C)C)cc5)c4CC3CC12. The first-order valence-electron chi connectivity index (χ1n) is 14.6. The number of primary amides is 1. The summed E-state index contributed by atoms with van der Waals surface area (Å²) in [4.78, 5) is 53.3. The number of amides is 2. The van der Waals surface area contributed by atoms with Crippen molar-refractivity contribution in [3.05, 3.63) is 64.4 Å². The Morgan fingerprint density at radius 2 is 1.69 bits per heavy atom. The number of aromatic hydroxyl groups is 1. The van der Waals surface area contributed by atoms with Gasteiger partial charge >= 0.3 is 0 Å². The Morgan fingerprint density at radius 3 is 2.27 bits per heavy atom. The van der Waals surface area contributed by atoms with Crippen molar-refractivity contribution in [1.29, 1.82) is 0 Å². The minimum atomic E-state index is -2.69. The van der Waals surface area contributed by atoms with E-state index in [1.54, 1.807) is 44.4 Å². The minimum absolute atomic E-state index is 0.00553. The Bertz CT molecular complexity index is 1690. The van der Waals surface area contributed by atoms with E-state index in [1.807, 2.05) is 20.8 Å². The van der Waals surface area contributed by atoms with Crippen molar-refractivity contribution < 1.29 is 39.6 Å². The van der Waals surface area contributed by atoms with Crippen LogP contribution in [0.4, 0.5) is 5.69 Å². The Balaban J connectivity index is 1.55. The molecular weight excluding hydrogens is 580 g/mol. The number of nitrogens with two attached hydrogens (primary N) is 1. The third kappa shape index (κ3) is 5.28. The van der Waals surface area contributed by atoms with Crippen LogP contribution in [0.5, 0.6) is 5.75 Å². The Labute approximate surface area is 260 Å². The van der Waals surface area contributed by atoms with E-state index in [1.165, 1.54) is 11.0 Å². The number of benzene rings is 2. The molecule has 45 heavy (non-hydrogen) atoms. The molecule has 8 N–H and O–H groups in total. The van der Waals surface area contributed by atoms with Crippen LogP contribution >= 0.6 is 0 Å². The van der Waals surface area contributed by atoms with E-state index in [-0.39, 0.29) is 47.7 Å². The van der Waals surface area contributed by atoms with E-state index in [4.69, 9.17) is 5.73 Å². The van der Waals surface area contributed by atoms with Crippen molar-refractivity contribution in [3.8, 4) is 16.9 Å². The van der Waals surface area contributed by atoms with Crippen LogP contribution in [-0.2, 0) is 25.6 Å². The molecule has 0 bridgehead atoms. The summed E-state index contributed by atoms with van der Waals surface area (Å²) in [5, 5.41) is 51.1. The van der Waals surface area contributed by atoms with Gasteiger partial charge in [-0.15, -0.1) is 0 Å². The third-order valence-corrected chi connectivity index (χ3v) is 8.86. The molecule has 0 saturated heterocycles. The fourth-order valence-electron chi connectivity index (χ4n) is 6.80. The maximum absolute atomic E-state index is 14.0. The number of carbonyl (C=O) groups excluding carboxylic acids is 4. The van der Waals surface area contributed by atoms with Crippen molar-refractivity contribution in [2.24, 2.45) is 17.6 Å². The summed E-state index contributed by atoms with van der Waals surface area (Å²) < 4.78 is 0. The second-order valence-corrected chi connectivity index (χ2v) is 13.2.